The molecule has 0 atom stereocenters. The van der Waals surface area contributed by atoms with Crippen LogP contribution < -0.4 is 16.2 Å². The summed E-state index contributed by atoms with van der Waals surface area (Å²) in [5.74, 6) is -0.625. The van der Waals surface area contributed by atoms with Gasteiger partial charge in [0.25, 0.3) is 5.56 Å². The number of urea groups is 1. The van der Waals surface area contributed by atoms with Crippen LogP contribution in [0.25, 0.3) is 16.7 Å². The quantitative estimate of drug-likeness (QED) is 0.504. The number of carbonyl (C=O) groups is 2. The molecule has 0 saturated carbocycles. The minimum Gasteiger partial charge on any atom is -0.334 e. The van der Waals surface area contributed by atoms with Crippen molar-refractivity contribution in [2.75, 3.05) is 0 Å². The van der Waals surface area contributed by atoms with Gasteiger partial charge in [0.1, 0.15) is 18.3 Å². The number of carbonyl (C=O) groups excluding carboxylic acids is 2. The number of fused-ring (bicyclic) bond motifs is 1. The van der Waals surface area contributed by atoms with Gasteiger partial charge in [-0.05, 0) is 42.7 Å². The normalized spacial score (nSPS) is 10.8. The summed E-state index contributed by atoms with van der Waals surface area (Å²) in [6.45, 7) is 3.91. The second-order valence-corrected chi connectivity index (χ2v) is 7.53. The van der Waals surface area contributed by atoms with E-state index in [1.54, 1.807) is 4.68 Å². The third-order valence-electron chi connectivity index (χ3n) is 4.87. The number of nitrogens with zero attached hydrogens (tertiary/aromatic N) is 4. The van der Waals surface area contributed by atoms with Gasteiger partial charge in [0, 0.05) is 6.54 Å². The molecule has 2 heterocycles. The number of aryl methyl sites for hydroxylation is 2. The topological polar surface area (TPSA) is 111 Å². The number of rotatable bonds is 5. The summed E-state index contributed by atoms with van der Waals surface area (Å²) in [5, 5.41) is 9.42. The van der Waals surface area contributed by atoms with Crippen molar-refractivity contribution in [3.05, 3.63) is 88.1 Å². The van der Waals surface area contributed by atoms with E-state index in [4.69, 9.17) is 0 Å². The molecule has 32 heavy (non-hydrogen) atoms. The van der Waals surface area contributed by atoms with E-state index in [-0.39, 0.29) is 18.5 Å². The minimum atomic E-state index is -0.636. The molecule has 0 saturated heterocycles. The zero-order valence-corrected chi connectivity index (χ0v) is 17.7. The van der Waals surface area contributed by atoms with Crippen molar-refractivity contribution in [2.45, 2.75) is 26.9 Å². The highest BCUT2D eigenvalue weighted by Gasteiger charge is 2.15. The molecule has 4 rings (SSSR count). The van der Waals surface area contributed by atoms with E-state index in [0.717, 1.165) is 26.9 Å². The van der Waals surface area contributed by atoms with Gasteiger partial charge in [0.15, 0.2) is 5.65 Å². The maximum absolute atomic E-state index is 12.8. The maximum atomic E-state index is 12.8. The fourth-order valence-corrected chi connectivity index (χ4v) is 3.47. The fourth-order valence-electron chi connectivity index (χ4n) is 3.47. The van der Waals surface area contributed by atoms with E-state index < -0.39 is 17.5 Å². The Balaban J connectivity index is 1.47. The standard InChI is InChI=1S/C23H22N6O3/c1-15-8-16(2)10-18(9-15)29-21-19(12-26-29)22(31)28(14-25-21)13-20(30)27-23(32)24-11-17-6-4-3-5-7-17/h3-10,12,14H,11,13H2,1-2H3,(H2,24,27,30,32). The summed E-state index contributed by atoms with van der Waals surface area (Å²) in [4.78, 5) is 41.4. The second-order valence-electron chi connectivity index (χ2n) is 7.53. The molecule has 0 aliphatic carbocycles. The van der Waals surface area contributed by atoms with E-state index >= 15 is 0 Å². The number of nitrogens with one attached hydrogen (secondary N) is 2. The Morgan fingerprint density at radius 1 is 1.03 bits per heavy atom. The number of benzene rings is 2. The van der Waals surface area contributed by atoms with Crippen LogP contribution in [0.4, 0.5) is 4.79 Å². The van der Waals surface area contributed by atoms with E-state index in [9.17, 15) is 14.4 Å². The lowest BCUT2D eigenvalue weighted by molar-refractivity contribution is -0.120. The van der Waals surface area contributed by atoms with Crippen LogP contribution in [-0.4, -0.2) is 31.3 Å². The zero-order valence-electron chi connectivity index (χ0n) is 17.7. The van der Waals surface area contributed by atoms with Crippen LogP contribution in [0, 0.1) is 13.8 Å². The molecule has 0 bridgehead atoms. The largest absolute Gasteiger partial charge is 0.334 e. The molecule has 162 valence electrons. The van der Waals surface area contributed by atoms with Crippen LogP contribution in [0.2, 0.25) is 0 Å². The summed E-state index contributed by atoms with van der Waals surface area (Å²) >= 11 is 0. The molecule has 0 unspecified atom stereocenters. The smallest absolute Gasteiger partial charge is 0.321 e. The first-order chi connectivity index (χ1) is 15.4. The summed E-state index contributed by atoms with van der Waals surface area (Å²) < 4.78 is 2.74. The summed E-state index contributed by atoms with van der Waals surface area (Å²) in [7, 11) is 0. The van der Waals surface area contributed by atoms with Crippen molar-refractivity contribution in [1.29, 1.82) is 0 Å². The molecular weight excluding hydrogens is 408 g/mol. The predicted molar refractivity (Wildman–Crippen MR) is 119 cm³/mol. The predicted octanol–water partition coefficient (Wildman–Crippen LogP) is 2.23. The van der Waals surface area contributed by atoms with E-state index in [1.165, 1.54) is 12.5 Å². The minimum absolute atomic E-state index is 0.283. The average Bonchev–Trinajstić information content (AvgIpc) is 3.19. The number of imide groups is 1. The fraction of sp³-hybridized carbons (Fsp3) is 0.174. The third-order valence-corrected chi connectivity index (χ3v) is 4.87. The molecule has 0 aliphatic rings. The van der Waals surface area contributed by atoms with Gasteiger partial charge in [-0.1, -0.05) is 36.4 Å². The van der Waals surface area contributed by atoms with Crippen molar-refractivity contribution >= 4 is 23.0 Å². The summed E-state index contributed by atoms with van der Waals surface area (Å²) in [6, 6.07) is 14.6. The first-order valence-corrected chi connectivity index (χ1v) is 10.0. The van der Waals surface area contributed by atoms with Crippen molar-refractivity contribution in [1.82, 2.24) is 30.0 Å². The van der Waals surface area contributed by atoms with Crippen LogP contribution >= 0.6 is 0 Å². The SMILES string of the molecule is Cc1cc(C)cc(-n2ncc3c(=O)n(CC(=O)NC(=O)NCc4ccccc4)cnc32)c1. The van der Waals surface area contributed by atoms with Gasteiger partial charge >= 0.3 is 6.03 Å². The molecule has 0 aliphatic heterocycles. The van der Waals surface area contributed by atoms with E-state index in [0.29, 0.717) is 5.65 Å². The molecule has 3 amide bonds. The van der Waals surface area contributed by atoms with Gasteiger partial charge in [0.2, 0.25) is 5.91 Å². The molecule has 0 spiro atoms. The molecule has 2 aromatic carbocycles. The van der Waals surface area contributed by atoms with Gasteiger partial charge < -0.3 is 5.32 Å². The number of amides is 3. The highest BCUT2D eigenvalue weighted by Crippen LogP contribution is 2.17. The van der Waals surface area contributed by atoms with Gasteiger partial charge in [0.05, 0.1) is 11.9 Å². The Morgan fingerprint density at radius 3 is 2.47 bits per heavy atom. The first kappa shape index (κ1) is 21.0. The van der Waals surface area contributed by atoms with Crippen LogP contribution in [0.15, 0.2) is 65.8 Å². The number of hydrogen-bond donors (Lipinski definition) is 2. The first-order valence-electron chi connectivity index (χ1n) is 10.0. The molecule has 4 aromatic rings. The van der Waals surface area contributed by atoms with Gasteiger partial charge in [-0.25, -0.2) is 14.5 Å². The Hall–Kier alpha value is -4.27. The van der Waals surface area contributed by atoms with Gasteiger partial charge in [-0.15, -0.1) is 0 Å². The van der Waals surface area contributed by atoms with E-state index in [2.05, 4.69) is 20.7 Å². The number of aromatic nitrogens is 4. The Morgan fingerprint density at radius 2 is 1.75 bits per heavy atom. The van der Waals surface area contributed by atoms with Gasteiger partial charge in [-0.3, -0.25) is 19.5 Å². The van der Waals surface area contributed by atoms with Crippen LogP contribution in [0.3, 0.4) is 0 Å². The summed E-state index contributed by atoms with van der Waals surface area (Å²) in [5.41, 5.74) is 3.83. The third kappa shape index (κ3) is 4.56. The van der Waals surface area contributed by atoms with Crippen molar-refractivity contribution < 1.29 is 9.59 Å². The Labute approximate surface area is 183 Å². The molecule has 2 N–H and O–H groups in total. The van der Waals surface area contributed by atoms with Crippen molar-refractivity contribution in [2.24, 2.45) is 0 Å². The molecule has 9 heteroatoms. The highest BCUT2D eigenvalue weighted by molar-refractivity contribution is 5.94. The maximum Gasteiger partial charge on any atom is 0.321 e. The molecule has 2 aromatic heterocycles. The Bertz CT molecular complexity index is 1340. The lowest BCUT2D eigenvalue weighted by atomic mass is 10.1. The van der Waals surface area contributed by atoms with Crippen LogP contribution in [0.1, 0.15) is 16.7 Å². The average molecular weight is 430 g/mol. The molecule has 0 fully saturated rings. The van der Waals surface area contributed by atoms with Crippen molar-refractivity contribution in [3.63, 3.8) is 0 Å². The molecular formula is C23H22N6O3. The van der Waals surface area contributed by atoms with E-state index in [1.807, 2.05) is 62.4 Å². The molecule has 9 nitrogen and oxygen atoms in total. The second kappa shape index (κ2) is 8.84. The monoisotopic (exact) mass is 430 g/mol. The highest BCUT2D eigenvalue weighted by atomic mass is 16.2. The van der Waals surface area contributed by atoms with Crippen LogP contribution in [0.5, 0.6) is 0 Å². The lowest BCUT2D eigenvalue weighted by Crippen LogP contribution is -2.41. The zero-order chi connectivity index (χ0) is 22.7. The molecule has 0 radical (unpaired) electrons. The van der Waals surface area contributed by atoms with Crippen LogP contribution in [-0.2, 0) is 17.9 Å². The lowest BCUT2D eigenvalue weighted by Gasteiger charge is -2.09. The Kier molecular flexibility index (Phi) is 5.80. The summed E-state index contributed by atoms with van der Waals surface area (Å²) in [6.07, 6.45) is 2.72. The van der Waals surface area contributed by atoms with Crippen molar-refractivity contribution in [3.8, 4) is 5.69 Å². The number of hydrogen-bond acceptors (Lipinski definition) is 5. The van der Waals surface area contributed by atoms with Gasteiger partial charge in [-0.2, -0.15) is 5.10 Å².